The van der Waals surface area contributed by atoms with Crippen molar-refractivity contribution in [2.24, 2.45) is 5.92 Å². The number of hydrogen-bond acceptors (Lipinski definition) is 4. The van der Waals surface area contributed by atoms with E-state index in [9.17, 15) is 4.79 Å². The second-order valence-corrected chi connectivity index (χ2v) is 2.33. The number of carbonyl (C=O) groups excluding carboxylic acids is 1. The van der Waals surface area contributed by atoms with Crippen molar-refractivity contribution in [3.8, 4) is 0 Å². The van der Waals surface area contributed by atoms with Crippen LogP contribution in [-0.2, 0) is 9.53 Å². The van der Waals surface area contributed by atoms with Crippen LogP contribution in [0.3, 0.4) is 0 Å². The van der Waals surface area contributed by atoms with Crippen molar-refractivity contribution in [3.63, 3.8) is 0 Å². The number of hydrogen-bond donors (Lipinski definition) is 2. The summed E-state index contributed by atoms with van der Waals surface area (Å²) in [5.41, 5.74) is 0. The lowest BCUT2D eigenvalue weighted by Crippen LogP contribution is -2.53. The highest BCUT2D eigenvalue weighted by atomic mass is 16.5. The van der Waals surface area contributed by atoms with Gasteiger partial charge in [0.2, 0.25) is 0 Å². The molecule has 1 aliphatic rings. The third-order valence-electron chi connectivity index (χ3n) is 1.56. The first-order chi connectivity index (χ1) is 4.86. The molecule has 1 saturated heterocycles. The predicted molar refractivity (Wildman–Crippen MR) is 36.4 cm³/mol. The number of carbonyl (C=O) groups is 1. The Morgan fingerprint density at radius 3 is 2.50 bits per heavy atom. The molecule has 0 aromatic heterocycles. The minimum atomic E-state index is -0.0869. The van der Waals surface area contributed by atoms with Gasteiger partial charge in [-0.1, -0.05) is 0 Å². The van der Waals surface area contributed by atoms with Crippen molar-refractivity contribution in [3.05, 3.63) is 0 Å². The molecule has 0 aromatic carbocycles. The topological polar surface area (TPSA) is 50.4 Å². The molecule has 4 heteroatoms. The minimum Gasteiger partial charge on any atom is -0.353 e. The van der Waals surface area contributed by atoms with Crippen molar-refractivity contribution in [2.75, 3.05) is 20.2 Å². The second-order valence-electron chi connectivity index (χ2n) is 2.33. The summed E-state index contributed by atoms with van der Waals surface area (Å²) in [6.45, 7) is 1.41. The Kier molecular flexibility index (Phi) is 2.80. The molecule has 0 aromatic rings. The smallest absolute Gasteiger partial charge is 0.163 e. The molecule has 1 rings (SSSR count). The summed E-state index contributed by atoms with van der Waals surface area (Å²) in [6, 6.07) is 0. The van der Waals surface area contributed by atoms with E-state index in [0.717, 1.165) is 6.29 Å². The second kappa shape index (κ2) is 3.65. The van der Waals surface area contributed by atoms with Gasteiger partial charge in [0.05, 0.1) is 0 Å². The highest BCUT2D eigenvalue weighted by Gasteiger charge is 2.17. The van der Waals surface area contributed by atoms with Gasteiger partial charge in [-0.3, -0.25) is 10.6 Å². The molecule has 2 N–H and O–H groups in total. The van der Waals surface area contributed by atoms with E-state index < -0.39 is 0 Å². The third-order valence-corrected chi connectivity index (χ3v) is 1.56. The van der Waals surface area contributed by atoms with Crippen molar-refractivity contribution in [1.29, 1.82) is 0 Å². The first-order valence-corrected chi connectivity index (χ1v) is 3.31. The van der Waals surface area contributed by atoms with E-state index in [1.165, 1.54) is 0 Å². The average molecular weight is 144 g/mol. The standard InChI is InChI=1S/C6H12N2O2/c1-10-6-7-2-5(4-9)3-8-6/h4-8H,2-3H2,1H3. The lowest BCUT2D eigenvalue weighted by molar-refractivity contribution is -0.112. The van der Waals surface area contributed by atoms with Gasteiger partial charge < -0.3 is 9.53 Å². The van der Waals surface area contributed by atoms with E-state index in [-0.39, 0.29) is 12.3 Å². The Labute approximate surface area is 59.9 Å². The lowest BCUT2D eigenvalue weighted by atomic mass is 10.1. The van der Waals surface area contributed by atoms with Gasteiger partial charge in [0, 0.05) is 26.1 Å². The summed E-state index contributed by atoms with van der Waals surface area (Å²) in [7, 11) is 1.62. The molecule has 0 radical (unpaired) electrons. The van der Waals surface area contributed by atoms with Crippen LogP contribution in [0.2, 0.25) is 0 Å². The Hall–Kier alpha value is -0.450. The summed E-state index contributed by atoms with van der Waals surface area (Å²) in [5, 5.41) is 6.01. The van der Waals surface area contributed by atoms with Crippen LogP contribution >= 0.6 is 0 Å². The van der Waals surface area contributed by atoms with Crippen LogP contribution in [0, 0.1) is 5.92 Å². The van der Waals surface area contributed by atoms with Gasteiger partial charge in [0.1, 0.15) is 6.29 Å². The van der Waals surface area contributed by atoms with E-state index in [1.807, 2.05) is 0 Å². The molecule has 0 amide bonds. The maximum absolute atomic E-state index is 10.2. The van der Waals surface area contributed by atoms with Crippen LogP contribution in [0.4, 0.5) is 0 Å². The molecule has 58 valence electrons. The monoisotopic (exact) mass is 144 g/mol. The van der Waals surface area contributed by atoms with E-state index in [2.05, 4.69) is 10.6 Å². The fraction of sp³-hybridized carbons (Fsp3) is 0.833. The number of rotatable bonds is 2. The normalized spacial score (nSPS) is 33.7. The Balaban J connectivity index is 2.23. The van der Waals surface area contributed by atoms with Crippen LogP contribution in [0.15, 0.2) is 0 Å². The lowest BCUT2D eigenvalue weighted by Gasteiger charge is -2.26. The summed E-state index contributed by atoms with van der Waals surface area (Å²) < 4.78 is 4.95. The SMILES string of the molecule is COC1NCC(C=O)CN1. The Bertz CT molecular complexity index is 110. The van der Waals surface area contributed by atoms with E-state index >= 15 is 0 Å². The zero-order valence-electron chi connectivity index (χ0n) is 5.96. The van der Waals surface area contributed by atoms with E-state index in [0.29, 0.717) is 13.1 Å². The van der Waals surface area contributed by atoms with Crippen LogP contribution in [0.25, 0.3) is 0 Å². The Morgan fingerprint density at radius 1 is 1.50 bits per heavy atom. The van der Waals surface area contributed by atoms with Gasteiger partial charge in [-0.15, -0.1) is 0 Å². The highest BCUT2D eigenvalue weighted by molar-refractivity contribution is 5.54. The Morgan fingerprint density at radius 2 is 2.10 bits per heavy atom. The molecule has 1 fully saturated rings. The molecule has 1 aliphatic heterocycles. The molecular formula is C6H12N2O2. The van der Waals surface area contributed by atoms with E-state index in [1.54, 1.807) is 7.11 Å². The summed E-state index contributed by atoms with van der Waals surface area (Å²) >= 11 is 0. The molecule has 0 atom stereocenters. The van der Waals surface area contributed by atoms with Crippen molar-refractivity contribution >= 4 is 6.29 Å². The fourth-order valence-corrected chi connectivity index (χ4v) is 0.924. The minimum absolute atomic E-state index is 0.0869. The molecular weight excluding hydrogens is 132 g/mol. The summed E-state index contributed by atoms with van der Waals surface area (Å²) in [4.78, 5) is 10.2. The molecule has 0 bridgehead atoms. The molecule has 10 heavy (non-hydrogen) atoms. The first-order valence-electron chi connectivity index (χ1n) is 3.31. The van der Waals surface area contributed by atoms with Crippen LogP contribution in [0.1, 0.15) is 0 Å². The molecule has 0 unspecified atom stereocenters. The van der Waals surface area contributed by atoms with Gasteiger partial charge in [-0.25, -0.2) is 0 Å². The van der Waals surface area contributed by atoms with Gasteiger partial charge in [0.15, 0.2) is 6.35 Å². The van der Waals surface area contributed by atoms with Crippen molar-refractivity contribution in [2.45, 2.75) is 6.35 Å². The zero-order valence-corrected chi connectivity index (χ0v) is 5.96. The van der Waals surface area contributed by atoms with Gasteiger partial charge in [-0.2, -0.15) is 0 Å². The van der Waals surface area contributed by atoms with E-state index in [4.69, 9.17) is 4.74 Å². The number of nitrogens with one attached hydrogen (secondary N) is 2. The zero-order chi connectivity index (χ0) is 7.40. The van der Waals surface area contributed by atoms with Crippen LogP contribution in [-0.4, -0.2) is 32.8 Å². The predicted octanol–water partition coefficient (Wildman–Crippen LogP) is -1.08. The average Bonchev–Trinajstić information content (AvgIpc) is 2.05. The number of aldehydes is 1. The maximum Gasteiger partial charge on any atom is 0.163 e. The maximum atomic E-state index is 10.2. The van der Waals surface area contributed by atoms with Gasteiger partial charge in [0.25, 0.3) is 0 Å². The quantitative estimate of drug-likeness (QED) is 0.484. The summed E-state index contributed by atoms with van der Waals surface area (Å²) in [5.74, 6) is 0.0893. The molecule has 0 saturated carbocycles. The number of methoxy groups -OCH3 is 1. The van der Waals surface area contributed by atoms with Crippen LogP contribution in [0.5, 0.6) is 0 Å². The largest absolute Gasteiger partial charge is 0.353 e. The van der Waals surface area contributed by atoms with Crippen LogP contribution < -0.4 is 10.6 Å². The molecule has 0 aliphatic carbocycles. The van der Waals surface area contributed by atoms with Crippen molar-refractivity contribution < 1.29 is 9.53 Å². The summed E-state index contributed by atoms with van der Waals surface area (Å²) in [6.07, 6.45) is 0.863. The molecule has 0 spiro atoms. The van der Waals surface area contributed by atoms with Crippen molar-refractivity contribution in [1.82, 2.24) is 10.6 Å². The van der Waals surface area contributed by atoms with Gasteiger partial charge >= 0.3 is 0 Å². The molecule has 4 nitrogen and oxygen atoms in total. The first kappa shape index (κ1) is 7.65. The third kappa shape index (κ3) is 1.76. The number of ether oxygens (including phenoxy) is 1. The van der Waals surface area contributed by atoms with Gasteiger partial charge in [-0.05, 0) is 0 Å². The highest BCUT2D eigenvalue weighted by Crippen LogP contribution is 1.95. The molecule has 1 heterocycles. The fourth-order valence-electron chi connectivity index (χ4n) is 0.924.